The lowest BCUT2D eigenvalue weighted by Crippen LogP contribution is -2.22. The Labute approximate surface area is 55.6 Å². The van der Waals surface area contributed by atoms with E-state index < -0.39 is 8.74 Å². The summed E-state index contributed by atoms with van der Waals surface area (Å²) in [6, 6.07) is 0. The highest BCUT2D eigenvalue weighted by atomic mass is 28.4. The molecule has 0 bridgehead atoms. The normalized spacial score (nSPS) is 23.0. The molecule has 3 heteroatoms. The van der Waals surface area contributed by atoms with Gasteiger partial charge in [0, 0.05) is 5.54 Å². The van der Waals surface area contributed by atoms with E-state index in [4.69, 9.17) is 0 Å². The smallest absolute Gasteiger partial charge is 0.270 e. The van der Waals surface area contributed by atoms with Crippen LogP contribution in [0.4, 0.5) is 8.22 Å². The van der Waals surface area contributed by atoms with E-state index in [2.05, 4.69) is 0 Å². The van der Waals surface area contributed by atoms with Crippen molar-refractivity contribution in [3.63, 3.8) is 0 Å². The molecule has 0 aliphatic heterocycles. The van der Waals surface area contributed by atoms with Crippen LogP contribution in [0.3, 0.4) is 0 Å². The highest BCUT2D eigenvalue weighted by molar-refractivity contribution is 6.66. The lowest BCUT2D eigenvalue weighted by atomic mass is 10.4. The molecule has 0 saturated heterocycles. The summed E-state index contributed by atoms with van der Waals surface area (Å²) in [6.45, 7) is 1.17. The molecule has 0 amide bonds. The van der Waals surface area contributed by atoms with Gasteiger partial charge in [0.05, 0.1) is 0 Å². The van der Waals surface area contributed by atoms with Gasteiger partial charge in [0.25, 0.3) is 0 Å². The first-order valence-electron chi connectivity index (χ1n) is 3.48. The van der Waals surface area contributed by atoms with E-state index in [0.29, 0.717) is 0 Å². The fourth-order valence-electron chi connectivity index (χ4n) is 1.43. The lowest BCUT2D eigenvalue weighted by molar-refractivity contribution is 0.556. The Hall–Kier alpha value is 0.0769. The van der Waals surface area contributed by atoms with Crippen LogP contribution in [0.25, 0.3) is 0 Å². The van der Waals surface area contributed by atoms with Gasteiger partial charge in [-0.1, -0.05) is 12.8 Å². The lowest BCUT2D eigenvalue weighted by Gasteiger charge is -2.13. The Morgan fingerprint density at radius 1 is 1.22 bits per heavy atom. The first-order valence-corrected chi connectivity index (χ1v) is 5.82. The van der Waals surface area contributed by atoms with Crippen molar-refractivity contribution in [2.45, 2.75) is 37.8 Å². The second-order valence-electron chi connectivity index (χ2n) is 2.94. The molecule has 0 heterocycles. The Morgan fingerprint density at radius 2 is 1.67 bits per heavy atom. The maximum absolute atomic E-state index is 12.6. The standard InChI is InChI=1S/C6H12F2Si/c1-9(7,8)6-4-2-3-5-6/h6H,2-5H2,1H3. The molecule has 1 fully saturated rings. The first-order chi connectivity index (χ1) is 4.11. The van der Waals surface area contributed by atoms with Crippen LogP contribution in [-0.4, -0.2) is 8.74 Å². The molecule has 1 aliphatic rings. The largest absolute Gasteiger partial charge is 0.425 e. The minimum Gasteiger partial charge on any atom is -0.270 e. The molecule has 0 unspecified atom stereocenters. The van der Waals surface area contributed by atoms with Crippen LogP contribution >= 0.6 is 0 Å². The van der Waals surface area contributed by atoms with Crippen molar-refractivity contribution < 1.29 is 8.22 Å². The summed E-state index contributed by atoms with van der Waals surface area (Å²) in [7, 11) is -3.72. The number of hydrogen-bond donors (Lipinski definition) is 0. The highest BCUT2D eigenvalue weighted by Crippen LogP contribution is 2.39. The number of hydrogen-bond acceptors (Lipinski definition) is 0. The monoisotopic (exact) mass is 150 g/mol. The molecule has 0 nitrogen and oxygen atoms in total. The van der Waals surface area contributed by atoms with Gasteiger partial charge in [-0.15, -0.1) is 0 Å². The molecule has 0 atom stereocenters. The van der Waals surface area contributed by atoms with Crippen LogP contribution in [0.5, 0.6) is 0 Å². The van der Waals surface area contributed by atoms with Crippen LogP contribution < -0.4 is 0 Å². The summed E-state index contributed by atoms with van der Waals surface area (Å²) in [4.78, 5) is 0. The number of rotatable bonds is 1. The summed E-state index contributed by atoms with van der Waals surface area (Å²) in [5, 5.41) is 0. The Kier molecular flexibility index (Phi) is 1.89. The minimum atomic E-state index is -3.72. The van der Waals surface area contributed by atoms with Crippen molar-refractivity contribution in [2.75, 3.05) is 0 Å². The molecular weight excluding hydrogens is 138 g/mol. The molecule has 0 radical (unpaired) electrons. The third kappa shape index (κ3) is 1.74. The van der Waals surface area contributed by atoms with Gasteiger partial charge in [0.1, 0.15) is 0 Å². The molecule has 0 aromatic rings. The van der Waals surface area contributed by atoms with Crippen molar-refractivity contribution in [1.29, 1.82) is 0 Å². The van der Waals surface area contributed by atoms with Gasteiger partial charge in [-0.2, -0.15) is 0 Å². The average Bonchev–Trinajstić information content (AvgIpc) is 2.08. The average molecular weight is 150 g/mol. The molecule has 1 saturated carbocycles. The molecule has 0 aromatic heterocycles. The second-order valence-corrected chi connectivity index (χ2v) is 5.67. The SMILES string of the molecule is C[Si](F)(F)C1CCCC1. The zero-order valence-corrected chi connectivity index (χ0v) is 6.66. The topological polar surface area (TPSA) is 0 Å². The van der Waals surface area contributed by atoms with Gasteiger partial charge < -0.3 is 0 Å². The zero-order chi connectivity index (χ0) is 6.91. The summed E-state index contributed by atoms with van der Waals surface area (Å²) in [5.41, 5.74) is -0.183. The predicted octanol–water partition coefficient (Wildman–Crippen LogP) is 2.94. The van der Waals surface area contributed by atoms with Crippen LogP contribution in [0, 0.1) is 0 Å². The van der Waals surface area contributed by atoms with E-state index in [1.165, 1.54) is 6.55 Å². The Bertz CT molecular complexity index is 91.7. The number of halogens is 2. The summed E-state index contributed by atoms with van der Waals surface area (Å²) in [5.74, 6) is 0. The van der Waals surface area contributed by atoms with Crippen LogP contribution in [-0.2, 0) is 0 Å². The predicted molar refractivity (Wildman–Crippen MR) is 36.1 cm³/mol. The zero-order valence-electron chi connectivity index (χ0n) is 5.66. The molecule has 0 N–H and O–H groups in total. The third-order valence-corrected chi connectivity index (χ3v) is 4.08. The van der Waals surface area contributed by atoms with E-state index in [1.54, 1.807) is 0 Å². The first kappa shape index (κ1) is 7.19. The van der Waals surface area contributed by atoms with Gasteiger partial charge >= 0.3 is 8.74 Å². The van der Waals surface area contributed by atoms with E-state index in [0.717, 1.165) is 25.7 Å². The maximum Gasteiger partial charge on any atom is 0.425 e. The van der Waals surface area contributed by atoms with Gasteiger partial charge in [-0.25, -0.2) is 0 Å². The third-order valence-electron chi connectivity index (χ3n) is 2.07. The molecule has 0 spiro atoms. The Balaban J connectivity index is 2.42. The van der Waals surface area contributed by atoms with Crippen molar-refractivity contribution in [1.82, 2.24) is 0 Å². The molecule has 54 valence electrons. The second kappa shape index (κ2) is 2.37. The fraction of sp³-hybridized carbons (Fsp3) is 1.00. The summed E-state index contributed by atoms with van der Waals surface area (Å²) >= 11 is 0. The Morgan fingerprint density at radius 3 is 1.89 bits per heavy atom. The maximum atomic E-state index is 12.6. The molecule has 0 aromatic carbocycles. The van der Waals surface area contributed by atoms with Crippen molar-refractivity contribution >= 4 is 8.74 Å². The van der Waals surface area contributed by atoms with Crippen LogP contribution in [0.2, 0.25) is 12.1 Å². The van der Waals surface area contributed by atoms with E-state index in [1.807, 2.05) is 0 Å². The van der Waals surface area contributed by atoms with Crippen molar-refractivity contribution in [3.05, 3.63) is 0 Å². The minimum absolute atomic E-state index is 0.183. The fourth-order valence-corrected chi connectivity index (χ4v) is 2.85. The van der Waals surface area contributed by atoms with Crippen molar-refractivity contribution in [3.8, 4) is 0 Å². The van der Waals surface area contributed by atoms with E-state index in [9.17, 15) is 8.22 Å². The summed E-state index contributed by atoms with van der Waals surface area (Å²) in [6.07, 6.45) is 3.63. The van der Waals surface area contributed by atoms with Crippen LogP contribution in [0.15, 0.2) is 0 Å². The molecule has 9 heavy (non-hydrogen) atoms. The van der Waals surface area contributed by atoms with Gasteiger partial charge in [-0.3, -0.25) is 8.22 Å². The molecular formula is C6H12F2Si. The quantitative estimate of drug-likeness (QED) is 0.398. The van der Waals surface area contributed by atoms with Gasteiger partial charge in [-0.05, 0) is 19.4 Å². The van der Waals surface area contributed by atoms with Gasteiger partial charge in [0.15, 0.2) is 0 Å². The van der Waals surface area contributed by atoms with Crippen LogP contribution in [0.1, 0.15) is 25.7 Å². The molecule has 1 aliphatic carbocycles. The van der Waals surface area contributed by atoms with E-state index >= 15 is 0 Å². The van der Waals surface area contributed by atoms with Gasteiger partial charge in [0.2, 0.25) is 0 Å². The highest BCUT2D eigenvalue weighted by Gasteiger charge is 2.40. The van der Waals surface area contributed by atoms with Crippen molar-refractivity contribution in [2.24, 2.45) is 0 Å². The molecule has 1 rings (SSSR count). The van der Waals surface area contributed by atoms with E-state index in [-0.39, 0.29) is 5.54 Å². The summed E-state index contributed by atoms with van der Waals surface area (Å²) < 4.78 is 25.1.